The van der Waals surface area contributed by atoms with Crippen LogP contribution in [-0.2, 0) is 11.3 Å². The maximum Gasteiger partial charge on any atom is 0.222 e. The van der Waals surface area contributed by atoms with E-state index in [1.165, 1.54) is 12.1 Å². The van der Waals surface area contributed by atoms with Crippen molar-refractivity contribution in [2.75, 3.05) is 26.2 Å². The Bertz CT molecular complexity index is 578. The SMILES string of the molecule is O=C1CC[C@H]2CN(Cc3cc(F)cc(Cl)c3)CC[C@H]2N1CCCO. The van der Waals surface area contributed by atoms with Gasteiger partial charge >= 0.3 is 0 Å². The van der Waals surface area contributed by atoms with Gasteiger partial charge in [0, 0.05) is 50.3 Å². The zero-order chi connectivity index (χ0) is 17.1. The van der Waals surface area contributed by atoms with E-state index in [1.807, 2.05) is 11.0 Å². The molecule has 2 atom stereocenters. The number of nitrogens with zero attached hydrogens (tertiary/aromatic N) is 2. The molecule has 2 heterocycles. The number of carbonyl (C=O) groups is 1. The number of hydrogen-bond donors (Lipinski definition) is 1. The summed E-state index contributed by atoms with van der Waals surface area (Å²) in [5.41, 5.74) is 0.891. The van der Waals surface area contributed by atoms with Gasteiger partial charge in [-0.1, -0.05) is 11.6 Å². The lowest BCUT2D eigenvalue weighted by Gasteiger charge is -2.47. The number of amides is 1. The topological polar surface area (TPSA) is 43.8 Å². The van der Waals surface area contributed by atoms with Crippen molar-refractivity contribution in [3.05, 3.63) is 34.6 Å². The molecule has 6 heteroatoms. The van der Waals surface area contributed by atoms with Gasteiger partial charge in [-0.3, -0.25) is 9.69 Å². The van der Waals surface area contributed by atoms with Crippen LogP contribution in [0.3, 0.4) is 0 Å². The smallest absolute Gasteiger partial charge is 0.222 e. The third kappa shape index (κ3) is 4.08. The number of likely N-dealkylation sites (tertiary alicyclic amines) is 2. The number of piperidine rings is 2. The Kier molecular flexibility index (Phi) is 5.74. The fourth-order valence-electron chi connectivity index (χ4n) is 4.06. The molecule has 1 aromatic carbocycles. The molecule has 2 saturated heterocycles. The fraction of sp³-hybridized carbons (Fsp3) is 0.611. The van der Waals surface area contributed by atoms with E-state index in [0.717, 1.165) is 31.5 Å². The van der Waals surface area contributed by atoms with Crippen LogP contribution in [0.1, 0.15) is 31.2 Å². The highest BCUT2D eigenvalue weighted by atomic mass is 35.5. The lowest BCUT2D eigenvalue weighted by molar-refractivity contribution is -0.141. The molecule has 1 amide bonds. The molecule has 0 aromatic heterocycles. The second-order valence-electron chi connectivity index (χ2n) is 6.83. The minimum atomic E-state index is -0.300. The first-order valence-corrected chi connectivity index (χ1v) is 9.02. The van der Waals surface area contributed by atoms with E-state index in [2.05, 4.69) is 4.90 Å². The van der Waals surface area contributed by atoms with Crippen LogP contribution in [0.5, 0.6) is 0 Å². The van der Waals surface area contributed by atoms with Crippen LogP contribution < -0.4 is 0 Å². The highest BCUT2D eigenvalue weighted by molar-refractivity contribution is 6.30. The minimum Gasteiger partial charge on any atom is -0.396 e. The van der Waals surface area contributed by atoms with Gasteiger partial charge in [-0.05, 0) is 48.9 Å². The van der Waals surface area contributed by atoms with E-state index < -0.39 is 0 Å². The molecule has 2 aliphatic heterocycles. The Hall–Kier alpha value is -1.17. The van der Waals surface area contributed by atoms with Crippen LogP contribution in [0.2, 0.25) is 5.02 Å². The van der Waals surface area contributed by atoms with Gasteiger partial charge in [-0.15, -0.1) is 0 Å². The summed E-state index contributed by atoms with van der Waals surface area (Å²) >= 11 is 5.94. The zero-order valence-corrected chi connectivity index (χ0v) is 14.5. The third-order valence-electron chi connectivity index (χ3n) is 5.11. The number of aliphatic hydroxyl groups is 1. The second-order valence-corrected chi connectivity index (χ2v) is 7.27. The van der Waals surface area contributed by atoms with Crippen LogP contribution in [-0.4, -0.2) is 53.1 Å². The normalized spacial score (nSPS) is 25.0. The molecule has 3 rings (SSSR count). The summed E-state index contributed by atoms with van der Waals surface area (Å²) in [7, 11) is 0. The van der Waals surface area contributed by atoms with Gasteiger partial charge in [0.05, 0.1) is 0 Å². The summed E-state index contributed by atoms with van der Waals surface area (Å²) in [6.07, 6.45) is 3.08. The lowest BCUT2D eigenvalue weighted by Crippen LogP contribution is -2.56. The highest BCUT2D eigenvalue weighted by Crippen LogP contribution is 2.32. The average Bonchev–Trinajstić information content (AvgIpc) is 2.53. The van der Waals surface area contributed by atoms with Crippen LogP contribution in [0, 0.1) is 11.7 Å². The quantitative estimate of drug-likeness (QED) is 0.884. The van der Waals surface area contributed by atoms with E-state index >= 15 is 0 Å². The summed E-state index contributed by atoms with van der Waals surface area (Å²) in [6, 6.07) is 4.96. The second kappa shape index (κ2) is 7.81. The van der Waals surface area contributed by atoms with Crippen molar-refractivity contribution in [3.63, 3.8) is 0 Å². The molecule has 2 aliphatic rings. The number of fused-ring (bicyclic) bond motifs is 1. The molecule has 0 unspecified atom stereocenters. The molecule has 0 aliphatic carbocycles. The van der Waals surface area contributed by atoms with E-state index in [9.17, 15) is 9.18 Å². The van der Waals surface area contributed by atoms with E-state index in [1.54, 1.807) is 0 Å². The number of rotatable bonds is 5. The summed E-state index contributed by atoms with van der Waals surface area (Å²) in [5.74, 6) is 0.375. The Morgan fingerprint density at radius 2 is 2.12 bits per heavy atom. The number of benzene rings is 1. The Morgan fingerprint density at radius 3 is 2.88 bits per heavy atom. The van der Waals surface area contributed by atoms with Gasteiger partial charge in [0.15, 0.2) is 0 Å². The first-order valence-electron chi connectivity index (χ1n) is 8.64. The summed E-state index contributed by atoms with van der Waals surface area (Å²) in [6.45, 7) is 3.26. The molecule has 0 radical (unpaired) electrons. The van der Waals surface area contributed by atoms with Crippen molar-refractivity contribution < 1.29 is 14.3 Å². The predicted molar refractivity (Wildman–Crippen MR) is 91.2 cm³/mol. The molecule has 1 N–H and O–H groups in total. The fourth-order valence-corrected chi connectivity index (χ4v) is 4.31. The van der Waals surface area contributed by atoms with Gasteiger partial charge in [0.25, 0.3) is 0 Å². The number of carbonyl (C=O) groups excluding carboxylic acids is 1. The summed E-state index contributed by atoms with van der Waals surface area (Å²) in [4.78, 5) is 16.5. The predicted octanol–water partition coefficient (Wildman–Crippen LogP) is 2.67. The first-order chi connectivity index (χ1) is 11.6. The molecule has 0 spiro atoms. The van der Waals surface area contributed by atoms with E-state index in [0.29, 0.717) is 36.9 Å². The minimum absolute atomic E-state index is 0.119. The highest BCUT2D eigenvalue weighted by Gasteiger charge is 2.38. The zero-order valence-electron chi connectivity index (χ0n) is 13.8. The van der Waals surface area contributed by atoms with Gasteiger partial charge in [0.1, 0.15) is 5.82 Å². The summed E-state index contributed by atoms with van der Waals surface area (Å²) < 4.78 is 13.5. The van der Waals surface area contributed by atoms with Crippen molar-refractivity contribution in [3.8, 4) is 0 Å². The van der Waals surface area contributed by atoms with Crippen molar-refractivity contribution in [2.24, 2.45) is 5.92 Å². The van der Waals surface area contributed by atoms with Gasteiger partial charge in [-0.25, -0.2) is 4.39 Å². The third-order valence-corrected chi connectivity index (χ3v) is 5.33. The molecule has 24 heavy (non-hydrogen) atoms. The summed E-state index contributed by atoms with van der Waals surface area (Å²) in [5, 5.41) is 9.47. The van der Waals surface area contributed by atoms with Crippen LogP contribution in [0.25, 0.3) is 0 Å². The number of halogens is 2. The number of hydrogen-bond acceptors (Lipinski definition) is 3. The van der Waals surface area contributed by atoms with Crippen molar-refractivity contribution in [2.45, 2.75) is 38.3 Å². The van der Waals surface area contributed by atoms with E-state index in [4.69, 9.17) is 16.7 Å². The Morgan fingerprint density at radius 1 is 1.29 bits per heavy atom. The number of aliphatic hydroxyl groups excluding tert-OH is 1. The lowest BCUT2D eigenvalue weighted by atomic mass is 9.83. The van der Waals surface area contributed by atoms with Gasteiger partial charge in [-0.2, -0.15) is 0 Å². The van der Waals surface area contributed by atoms with E-state index in [-0.39, 0.29) is 24.4 Å². The van der Waals surface area contributed by atoms with Gasteiger partial charge in [0.2, 0.25) is 5.91 Å². The molecule has 2 fully saturated rings. The molecule has 132 valence electrons. The van der Waals surface area contributed by atoms with Crippen molar-refractivity contribution in [1.82, 2.24) is 9.80 Å². The average molecular weight is 355 g/mol. The first kappa shape index (κ1) is 17.6. The Balaban J connectivity index is 1.63. The molecular weight excluding hydrogens is 331 g/mol. The van der Waals surface area contributed by atoms with Crippen LogP contribution in [0.15, 0.2) is 18.2 Å². The van der Waals surface area contributed by atoms with Crippen molar-refractivity contribution >= 4 is 17.5 Å². The van der Waals surface area contributed by atoms with Crippen LogP contribution >= 0.6 is 11.6 Å². The monoisotopic (exact) mass is 354 g/mol. The maximum absolute atomic E-state index is 13.5. The molecule has 1 aromatic rings. The maximum atomic E-state index is 13.5. The Labute approximate surface area is 147 Å². The van der Waals surface area contributed by atoms with Crippen LogP contribution in [0.4, 0.5) is 4.39 Å². The van der Waals surface area contributed by atoms with Crippen molar-refractivity contribution in [1.29, 1.82) is 0 Å². The molecule has 4 nitrogen and oxygen atoms in total. The molecule has 0 saturated carbocycles. The molecule has 0 bridgehead atoms. The van der Waals surface area contributed by atoms with Gasteiger partial charge < -0.3 is 10.0 Å². The molecular formula is C18H24ClFN2O2. The standard InChI is InChI=1S/C18H24ClFN2O2/c19-15-8-13(9-16(20)10-15)11-21-6-4-17-14(12-21)2-3-18(24)22(17)5-1-7-23/h8-10,14,17,23H,1-7,11-12H2/t14-,17+/m0/s1. The largest absolute Gasteiger partial charge is 0.396 e.